The molecule has 0 fully saturated rings. The molecule has 20 heavy (non-hydrogen) atoms. The summed E-state index contributed by atoms with van der Waals surface area (Å²) in [5, 5.41) is 19.7. The lowest BCUT2D eigenvalue weighted by Gasteiger charge is -2.12. The van der Waals surface area contributed by atoms with E-state index in [0.717, 1.165) is 26.7 Å². The van der Waals surface area contributed by atoms with E-state index in [9.17, 15) is 5.11 Å². The summed E-state index contributed by atoms with van der Waals surface area (Å²) >= 11 is 1.48. The Bertz CT molecular complexity index is 654. The number of aliphatic hydroxyl groups is 1. The fourth-order valence-corrected chi connectivity index (χ4v) is 3.21. The van der Waals surface area contributed by atoms with Crippen LogP contribution in [0.25, 0.3) is 0 Å². The minimum absolute atomic E-state index is 0.573. The van der Waals surface area contributed by atoms with Gasteiger partial charge in [0.1, 0.15) is 5.03 Å². The second-order valence-electron chi connectivity index (χ2n) is 4.77. The normalized spacial score (nSPS) is 11.9. The zero-order valence-electron chi connectivity index (χ0n) is 11.7. The number of aromatic nitrogens is 1. The van der Waals surface area contributed by atoms with Gasteiger partial charge in [-0.3, -0.25) is 0 Å². The third-order valence-electron chi connectivity index (χ3n) is 2.88. The molecule has 0 spiro atoms. The average Bonchev–Trinajstić information content (AvgIpc) is 2.37. The standard InChI is InChI=1S/C16H16N2OS/c1-10-6-11(2)18-16(7-10)20-15-8-13(9-17)4-5-14(15)12(3)19/h4-8,12,19H,1-3H3/t12-/m0/s1. The van der Waals surface area contributed by atoms with Crippen molar-refractivity contribution in [1.82, 2.24) is 4.98 Å². The van der Waals surface area contributed by atoms with Crippen molar-refractivity contribution in [3.8, 4) is 6.07 Å². The van der Waals surface area contributed by atoms with Gasteiger partial charge in [-0.25, -0.2) is 4.98 Å². The number of nitrogens with zero attached hydrogens (tertiary/aromatic N) is 2. The molecule has 0 unspecified atom stereocenters. The van der Waals surface area contributed by atoms with E-state index >= 15 is 0 Å². The Kier molecular flexibility index (Phi) is 4.43. The molecule has 4 heteroatoms. The fraction of sp³-hybridized carbons (Fsp3) is 0.250. The van der Waals surface area contributed by atoms with Gasteiger partial charge >= 0.3 is 0 Å². The summed E-state index contributed by atoms with van der Waals surface area (Å²) < 4.78 is 0. The van der Waals surface area contributed by atoms with Crippen molar-refractivity contribution in [2.75, 3.05) is 0 Å². The first-order chi connectivity index (χ1) is 9.49. The minimum Gasteiger partial charge on any atom is -0.389 e. The van der Waals surface area contributed by atoms with Crippen LogP contribution < -0.4 is 0 Å². The average molecular weight is 284 g/mol. The van der Waals surface area contributed by atoms with Gasteiger partial charge in [0.05, 0.1) is 17.7 Å². The number of nitriles is 1. The number of aryl methyl sites for hydroxylation is 2. The molecule has 0 radical (unpaired) electrons. The van der Waals surface area contributed by atoms with E-state index in [1.54, 1.807) is 25.1 Å². The molecule has 1 heterocycles. The van der Waals surface area contributed by atoms with E-state index in [0.29, 0.717) is 5.56 Å². The highest BCUT2D eigenvalue weighted by Gasteiger charge is 2.11. The molecule has 0 bridgehead atoms. The van der Waals surface area contributed by atoms with E-state index in [1.165, 1.54) is 11.8 Å². The molecule has 102 valence electrons. The van der Waals surface area contributed by atoms with Gasteiger partial charge in [-0.15, -0.1) is 0 Å². The first-order valence-corrected chi connectivity index (χ1v) is 7.16. The zero-order valence-corrected chi connectivity index (χ0v) is 12.5. The predicted molar refractivity (Wildman–Crippen MR) is 79.6 cm³/mol. The molecule has 1 atom stereocenters. The van der Waals surface area contributed by atoms with E-state index in [2.05, 4.69) is 11.1 Å². The summed E-state index contributed by atoms with van der Waals surface area (Å²) in [6, 6.07) is 11.5. The van der Waals surface area contributed by atoms with Gasteiger partial charge in [-0.05, 0) is 56.2 Å². The van der Waals surface area contributed by atoms with Crippen LogP contribution in [-0.2, 0) is 0 Å². The van der Waals surface area contributed by atoms with Crippen molar-refractivity contribution in [3.63, 3.8) is 0 Å². The van der Waals surface area contributed by atoms with Gasteiger partial charge in [0, 0.05) is 10.6 Å². The summed E-state index contributed by atoms with van der Waals surface area (Å²) in [4.78, 5) is 5.36. The molecule has 0 aliphatic heterocycles. The number of hydrogen-bond donors (Lipinski definition) is 1. The fourth-order valence-electron chi connectivity index (χ4n) is 2.01. The maximum absolute atomic E-state index is 9.84. The highest BCUT2D eigenvalue weighted by Crippen LogP contribution is 2.33. The van der Waals surface area contributed by atoms with Gasteiger partial charge < -0.3 is 5.11 Å². The van der Waals surface area contributed by atoms with Crippen molar-refractivity contribution in [3.05, 3.63) is 52.7 Å². The van der Waals surface area contributed by atoms with Crippen molar-refractivity contribution < 1.29 is 5.11 Å². The van der Waals surface area contributed by atoms with Crippen LogP contribution in [0.15, 0.2) is 40.3 Å². The maximum atomic E-state index is 9.84. The predicted octanol–water partition coefficient (Wildman–Crippen LogP) is 3.77. The molecule has 2 aromatic rings. The van der Waals surface area contributed by atoms with Gasteiger partial charge in [-0.2, -0.15) is 5.26 Å². The molecule has 1 N–H and O–H groups in total. The first kappa shape index (κ1) is 14.6. The van der Waals surface area contributed by atoms with E-state index in [1.807, 2.05) is 26.0 Å². The molecule has 0 aliphatic carbocycles. The van der Waals surface area contributed by atoms with Gasteiger partial charge in [0.15, 0.2) is 0 Å². The molecular formula is C16H16N2OS. The summed E-state index contributed by atoms with van der Waals surface area (Å²) in [5.41, 5.74) is 3.51. The summed E-state index contributed by atoms with van der Waals surface area (Å²) in [6.07, 6.45) is -0.573. The summed E-state index contributed by atoms with van der Waals surface area (Å²) in [7, 11) is 0. The Morgan fingerprint density at radius 3 is 2.60 bits per heavy atom. The lowest BCUT2D eigenvalue weighted by atomic mass is 10.1. The van der Waals surface area contributed by atoms with Gasteiger partial charge in [0.25, 0.3) is 0 Å². The number of pyridine rings is 1. The molecule has 1 aromatic heterocycles. The van der Waals surface area contributed by atoms with Crippen LogP contribution in [0.1, 0.15) is 35.4 Å². The van der Waals surface area contributed by atoms with Crippen LogP contribution in [-0.4, -0.2) is 10.1 Å². The number of benzene rings is 1. The molecule has 0 saturated carbocycles. The highest BCUT2D eigenvalue weighted by molar-refractivity contribution is 7.99. The lowest BCUT2D eigenvalue weighted by molar-refractivity contribution is 0.196. The number of rotatable bonds is 3. The molecule has 0 saturated heterocycles. The third-order valence-corrected chi connectivity index (χ3v) is 3.87. The zero-order chi connectivity index (χ0) is 14.7. The second kappa shape index (κ2) is 6.08. The van der Waals surface area contributed by atoms with Gasteiger partial charge in [0.2, 0.25) is 0 Å². The Balaban J connectivity index is 2.43. The van der Waals surface area contributed by atoms with E-state index < -0.39 is 6.10 Å². The number of hydrogen-bond acceptors (Lipinski definition) is 4. The van der Waals surface area contributed by atoms with Crippen LogP contribution in [0.2, 0.25) is 0 Å². The van der Waals surface area contributed by atoms with Crippen molar-refractivity contribution in [1.29, 1.82) is 5.26 Å². The Morgan fingerprint density at radius 1 is 1.25 bits per heavy atom. The van der Waals surface area contributed by atoms with Crippen LogP contribution in [0.3, 0.4) is 0 Å². The molecule has 0 amide bonds. The molecule has 1 aromatic carbocycles. The van der Waals surface area contributed by atoms with Crippen molar-refractivity contribution in [2.24, 2.45) is 0 Å². The Labute approximate surface area is 123 Å². The Hall–Kier alpha value is -1.83. The second-order valence-corrected chi connectivity index (χ2v) is 5.83. The van der Waals surface area contributed by atoms with E-state index in [4.69, 9.17) is 5.26 Å². The van der Waals surface area contributed by atoms with Crippen LogP contribution >= 0.6 is 11.8 Å². The molecule has 2 rings (SSSR count). The first-order valence-electron chi connectivity index (χ1n) is 6.35. The highest BCUT2D eigenvalue weighted by atomic mass is 32.2. The third kappa shape index (κ3) is 3.38. The van der Waals surface area contributed by atoms with Crippen molar-refractivity contribution in [2.45, 2.75) is 36.8 Å². The molecule has 0 aliphatic rings. The van der Waals surface area contributed by atoms with Crippen molar-refractivity contribution >= 4 is 11.8 Å². The minimum atomic E-state index is -0.573. The molecule has 3 nitrogen and oxygen atoms in total. The largest absolute Gasteiger partial charge is 0.389 e. The van der Waals surface area contributed by atoms with Crippen LogP contribution in [0.5, 0.6) is 0 Å². The summed E-state index contributed by atoms with van der Waals surface area (Å²) in [6.45, 7) is 5.71. The monoisotopic (exact) mass is 284 g/mol. The van der Waals surface area contributed by atoms with Gasteiger partial charge in [-0.1, -0.05) is 17.8 Å². The topological polar surface area (TPSA) is 56.9 Å². The number of aliphatic hydroxyl groups excluding tert-OH is 1. The summed E-state index contributed by atoms with van der Waals surface area (Å²) in [5.74, 6) is 0. The Morgan fingerprint density at radius 2 is 2.00 bits per heavy atom. The smallest absolute Gasteiger partial charge is 0.101 e. The molecular weight excluding hydrogens is 268 g/mol. The van der Waals surface area contributed by atoms with Crippen LogP contribution in [0.4, 0.5) is 0 Å². The van der Waals surface area contributed by atoms with Crippen LogP contribution in [0, 0.1) is 25.2 Å². The lowest BCUT2D eigenvalue weighted by Crippen LogP contribution is -1.96. The SMILES string of the molecule is Cc1cc(C)nc(Sc2cc(C#N)ccc2[C@H](C)O)c1. The van der Waals surface area contributed by atoms with E-state index in [-0.39, 0.29) is 0 Å². The maximum Gasteiger partial charge on any atom is 0.101 e. The quantitative estimate of drug-likeness (QED) is 0.932.